The van der Waals surface area contributed by atoms with E-state index in [0.29, 0.717) is 22.7 Å². The van der Waals surface area contributed by atoms with Gasteiger partial charge in [-0.3, -0.25) is 14.6 Å². The Bertz CT molecular complexity index is 1060. The number of hydrogen-bond acceptors (Lipinski definition) is 4. The van der Waals surface area contributed by atoms with Crippen molar-refractivity contribution >= 4 is 23.2 Å². The number of rotatable bonds is 7. The molecule has 1 fully saturated rings. The Labute approximate surface area is 181 Å². The fourth-order valence-corrected chi connectivity index (χ4v) is 3.64. The van der Waals surface area contributed by atoms with Crippen LogP contribution in [0.4, 0.5) is 11.4 Å². The van der Waals surface area contributed by atoms with Crippen molar-refractivity contribution in [3.8, 4) is 5.75 Å². The van der Waals surface area contributed by atoms with E-state index in [1.807, 2.05) is 29.2 Å². The summed E-state index contributed by atoms with van der Waals surface area (Å²) in [6.07, 6.45) is 5.38. The fourth-order valence-electron chi connectivity index (χ4n) is 3.64. The second kappa shape index (κ2) is 9.00. The molecule has 0 aliphatic heterocycles. The second-order valence-electron chi connectivity index (χ2n) is 7.73. The Kier molecular flexibility index (Phi) is 5.98. The number of amides is 2. The monoisotopic (exact) mass is 415 g/mol. The topological polar surface area (TPSA) is 71.5 Å². The Morgan fingerprint density at radius 2 is 1.81 bits per heavy atom. The minimum Gasteiger partial charge on any atom is -0.497 e. The van der Waals surface area contributed by atoms with Crippen LogP contribution in [0.15, 0.2) is 73.1 Å². The summed E-state index contributed by atoms with van der Waals surface area (Å²) in [5.41, 5.74) is 2.37. The summed E-state index contributed by atoms with van der Waals surface area (Å²) in [4.78, 5) is 31.8. The molecule has 1 saturated carbocycles. The summed E-state index contributed by atoms with van der Waals surface area (Å²) in [5, 5.41) is 2.85. The van der Waals surface area contributed by atoms with E-state index in [4.69, 9.17) is 4.74 Å². The third-order valence-electron chi connectivity index (χ3n) is 5.57. The molecule has 1 heterocycles. The van der Waals surface area contributed by atoms with Crippen molar-refractivity contribution in [1.29, 1.82) is 0 Å². The van der Waals surface area contributed by atoms with Crippen molar-refractivity contribution in [2.24, 2.45) is 5.92 Å². The maximum Gasteiger partial charge on any atom is 0.258 e. The molecule has 6 heteroatoms. The Balaban J connectivity index is 1.59. The number of methoxy groups -OCH3 is 1. The van der Waals surface area contributed by atoms with E-state index in [1.54, 1.807) is 49.7 Å². The number of nitrogens with one attached hydrogen (secondary N) is 1. The third-order valence-corrected chi connectivity index (χ3v) is 5.57. The predicted octanol–water partition coefficient (Wildman–Crippen LogP) is 4.79. The van der Waals surface area contributed by atoms with Gasteiger partial charge in [-0.1, -0.05) is 6.07 Å². The second-order valence-corrected chi connectivity index (χ2v) is 7.73. The molecule has 1 atom stereocenters. The molecular formula is C25H25N3O3. The normalized spacial score (nSPS) is 13.9. The zero-order chi connectivity index (χ0) is 21.8. The smallest absolute Gasteiger partial charge is 0.258 e. The number of carbonyl (C=O) groups is 2. The van der Waals surface area contributed by atoms with E-state index < -0.39 is 0 Å². The van der Waals surface area contributed by atoms with Gasteiger partial charge in [-0.05, 0) is 80.3 Å². The summed E-state index contributed by atoms with van der Waals surface area (Å²) in [6, 6.07) is 18.1. The van der Waals surface area contributed by atoms with E-state index in [1.165, 1.54) is 6.20 Å². The highest BCUT2D eigenvalue weighted by molar-refractivity contribution is 6.08. The Morgan fingerprint density at radius 1 is 1.06 bits per heavy atom. The molecule has 4 rings (SSSR count). The van der Waals surface area contributed by atoms with Gasteiger partial charge >= 0.3 is 0 Å². The molecule has 0 radical (unpaired) electrons. The molecule has 1 aliphatic carbocycles. The minimum atomic E-state index is -0.268. The van der Waals surface area contributed by atoms with Gasteiger partial charge in [0.25, 0.3) is 11.8 Å². The maximum atomic E-state index is 13.6. The van der Waals surface area contributed by atoms with Crippen molar-refractivity contribution in [3.05, 3.63) is 84.2 Å². The molecule has 1 N–H and O–H groups in total. The molecule has 3 aromatic rings. The van der Waals surface area contributed by atoms with Gasteiger partial charge in [-0.15, -0.1) is 0 Å². The lowest BCUT2D eigenvalue weighted by Gasteiger charge is -2.30. The quantitative estimate of drug-likeness (QED) is 0.602. The zero-order valence-corrected chi connectivity index (χ0v) is 17.6. The van der Waals surface area contributed by atoms with E-state index in [2.05, 4.69) is 17.2 Å². The number of aromatic nitrogens is 1. The largest absolute Gasteiger partial charge is 0.497 e. The molecule has 1 aliphatic rings. The van der Waals surface area contributed by atoms with Gasteiger partial charge in [0, 0.05) is 35.4 Å². The van der Waals surface area contributed by atoms with Gasteiger partial charge in [0.1, 0.15) is 5.75 Å². The van der Waals surface area contributed by atoms with E-state index in [-0.39, 0.29) is 17.9 Å². The first-order chi connectivity index (χ1) is 15.1. The van der Waals surface area contributed by atoms with E-state index in [0.717, 1.165) is 24.3 Å². The van der Waals surface area contributed by atoms with Crippen LogP contribution in [-0.4, -0.2) is 29.9 Å². The van der Waals surface area contributed by atoms with Gasteiger partial charge in [0.2, 0.25) is 0 Å². The van der Waals surface area contributed by atoms with Crippen LogP contribution in [0.25, 0.3) is 0 Å². The fraction of sp³-hybridized carbons (Fsp3) is 0.240. The highest BCUT2D eigenvalue weighted by atomic mass is 16.5. The van der Waals surface area contributed by atoms with Crippen LogP contribution in [0.3, 0.4) is 0 Å². The van der Waals surface area contributed by atoms with Crippen LogP contribution in [0.5, 0.6) is 5.75 Å². The standard InChI is InChI=1S/C25H25N3O3/c1-17(18-8-9-18)28(22-10-12-23(31-2)13-11-22)25(30)19-5-3-7-21(15-19)27-24(29)20-6-4-14-26-16-20/h3-7,10-18H,8-9H2,1-2H3,(H,27,29). The SMILES string of the molecule is COc1ccc(N(C(=O)c2cccc(NC(=O)c3cccnc3)c2)C(C)C2CC2)cc1. The van der Waals surface area contributed by atoms with Crippen LogP contribution in [-0.2, 0) is 0 Å². The predicted molar refractivity (Wildman–Crippen MR) is 121 cm³/mol. The summed E-state index contributed by atoms with van der Waals surface area (Å²) >= 11 is 0. The van der Waals surface area contributed by atoms with Crippen LogP contribution < -0.4 is 15.0 Å². The molecule has 0 bridgehead atoms. The van der Waals surface area contributed by atoms with Gasteiger partial charge < -0.3 is 15.0 Å². The summed E-state index contributed by atoms with van der Waals surface area (Å²) < 4.78 is 5.26. The van der Waals surface area contributed by atoms with E-state index >= 15 is 0 Å². The lowest BCUT2D eigenvalue weighted by atomic mass is 10.1. The average molecular weight is 415 g/mol. The lowest BCUT2D eigenvalue weighted by molar-refractivity contribution is 0.0973. The van der Waals surface area contributed by atoms with Crippen molar-refractivity contribution in [3.63, 3.8) is 0 Å². The minimum absolute atomic E-state index is 0.0783. The number of benzene rings is 2. The molecule has 2 amide bonds. The number of pyridine rings is 1. The first kappa shape index (κ1) is 20.6. The van der Waals surface area contributed by atoms with Gasteiger partial charge in [-0.25, -0.2) is 0 Å². The maximum absolute atomic E-state index is 13.6. The molecule has 2 aromatic carbocycles. The van der Waals surface area contributed by atoms with E-state index in [9.17, 15) is 9.59 Å². The number of hydrogen-bond donors (Lipinski definition) is 1. The first-order valence-corrected chi connectivity index (χ1v) is 10.4. The summed E-state index contributed by atoms with van der Waals surface area (Å²) in [6.45, 7) is 2.09. The Morgan fingerprint density at radius 3 is 2.45 bits per heavy atom. The molecular weight excluding hydrogens is 390 g/mol. The van der Waals surface area contributed by atoms with Gasteiger partial charge in [0.15, 0.2) is 0 Å². The average Bonchev–Trinajstić information content (AvgIpc) is 3.66. The number of carbonyl (C=O) groups excluding carboxylic acids is 2. The summed E-state index contributed by atoms with van der Waals surface area (Å²) in [5.74, 6) is 0.882. The van der Waals surface area contributed by atoms with Crippen LogP contribution in [0.1, 0.15) is 40.5 Å². The Hall–Kier alpha value is -3.67. The van der Waals surface area contributed by atoms with Crippen molar-refractivity contribution in [1.82, 2.24) is 4.98 Å². The molecule has 0 spiro atoms. The summed E-state index contributed by atoms with van der Waals surface area (Å²) in [7, 11) is 1.62. The number of anilines is 2. The van der Waals surface area contributed by atoms with Gasteiger partial charge in [0.05, 0.1) is 12.7 Å². The van der Waals surface area contributed by atoms with Crippen LogP contribution in [0, 0.1) is 5.92 Å². The molecule has 1 unspecified atom stereocenters. The zero-order valence-electron chi connectivity index (χ0n) is 17.6. The molecule has 158 valence electrons. The molecule has 0 saturated heterocycles. The van der Waals surface area contributed by atoms with Crippen molar-refractivity contribution in [2.75, 3.05) is 17.3 Å². The number of nitrogens with zero attached hydrogens (tertiary/aromatic N) is 2. The van der Waals surface area contributed by atoms with Crippen LogP contribution in [0.2, 0.25) is 0 Å². The first-order valence-electron chi connectivity index (χ1n) is 10.4. The molecule has 6 nitrogen and oxygen atoms in total. The van der Waals surface area contributed by atoms with Gasteiger partial charge in [-0.2, -0.15) is 0 Å². The highest BCUT2D eigenvalue weighted by Gasteiger charge is 2.35. The lowest BCUT2D eigenvalue weighted by Crippen LogP contribution is -2.40. The van der Waals surface area contributed by atoms with Crippen molar-refractivity contribution < 1.29 is 14.3 Å². The molecule has 31 heavy (non-hydrogen) atoms. The number of ether oxygens (including phenoxy) is 1. The van der Waals surface area contributed by atoms with Crippen LogP contribution >= 0.6 is 0 Å². The van der Waals surface area contributed by atoms with Crippen molar-refractivity contribution in [2.45, 2.75) is 25.8 Å². The molecule has 1 aromatic heterocycles. The third kappa shape index (κ3) is 4.74. The highest BCUT2D eigenvalue weighted by Crippen LogP contribution is 2.38.